The summed E-state index contributed by atoms with van der Waals surface area (Å²) in [6.07, 6.45) is -0.0784. The molecule has 1 saturated heterocycles. The predicted molar refractivity (Wildman–Crippen MR) is 79.6 cm³/mol. The van der Waals surface area contributed by atoms with E-state index in [1.54, 1.807) is 17.0 Å². The van der Waals surface area contributed by atoms with Crippen molar-refractivity contribution in [1.29, 1.82) is 0 Å². The van der Waals surface area contributed by atoms with Gasteiger partial charge in [0.2, 0.25) is 5.91 Å². The Hall–Kier alpha value is -1.92. The molecule has 1 atom stereocenters. The summed E-state index contributed by atoms with van der Waals surface area (Å²) in [7, 11) is 0. The lowest BCUT2D eigenvalue weighted by molar-refractivity contribution is -0.133. The number of aliphatic hydroxyl groups is 1. The van der Waals surface area contributed by atoms with Crippen LogP contribution in [0.3, 0.4) is 0 Å². The first-order valence-electron chi connectivity index (χ1n) is 7.54. The summed E-state index contributed by atoms with van der Waals surface area (Å²) in [6.45, 7) is 4.24. The van der Waals surface area contributed by atoms with Crippen molar-refractivity contribution >= 4 is 11.9 Å². The van der Waals surface area contributed by atoms with Gasteiger partial charge in [-0.15, -0.1) is 0 Å². The molecule has 2 heterocycles. The molecule has 22 heavy (non-hydrogen) atoms. The third-order valence-corrected chi connectivity index (χ3v) is 4.39. The molecule has 1 aromatic carbocycles. The van der Waals surface area contributed by atoms with E-state index >= 15 is 0 Å². The molecule has 1 fully saturated rings. The molecule has 118 valence electrons. The van der Waals surface area contributed by atoms with E-state index in [-0.39, 0.29) is 18.4 Å². The van der Waals surface area contributed by atoms with Crippen molar-refractivity contribution in [2.45, 2.75) is 19.4 Å². The first-order chi connectivity index (χ1) is 10.6. The molecule has 6 heteroatoms. The fourth-order valence-corrected chi connectivity index (χ4v) is 3.12. The van der Waals surface area contributed by atoms with Crippen LogP contribution < -0.4 is 5.32 Å². The summed E-state index contributed by atoms with van der Waals surface area (Å²) in [5.74, 6) is -0.299. The summed E-state index contributed by atoms with van der Waals surface area (Å²) >= 11 is 0. The van der Waals surface area contributed by atoms with Crippen molar-refractivity contribution in [2.24, 2.45) is 0 Å². The first kappa shape index (κ1) is 15.0. The van der Waals surface area contributed by atoms with E-state index in [4.69, 9.17) is 4.74 Å². The van der Waals surface area contributed by atoms with Gasteiger partial charge in [0.25, 0.3) is 0 Å². The van der Waals surface area contributed by atoms with Gasteiger partial charge in [-0.3, -0.25) is 4.79 Å². The van der Waals surface area contributed by atoms with E-state index in [9.17, 15) is 14.7 Å². The summed E-state index contributed by atoms with van der Waals surface area (Å²) in [5, 5.41) is 13.5. The predicted octanol–water partition coefficient (Wildman–Crippen LogP) is 0.173. The van der Waals surface area contributed by atoms with Crippen LogP contribution in [0.4, 0.5) is 0 Å². The van der Waals surface area contributed by atoms with Crippen LogP contribution in [0.15, 0.2) is 12.1 Å². The Bertz CT molecular complexity index is 614. The molecule has 2 N–H and O–H groups in total. The van der Waals surface area contributed by atoms with Gasteiger partial charge < -0.3 is 20.1 Å². The highest BCUT2D eigenvalue weighted by molar-refractivity contribution is 5.92. The summed E-state index contributed by atoms with van der Waals surface area (Å²) in [5.41, 5.74) is 3.22. The monoisotopic (exact) mass is 304 g/mol. The molecule has 2 aliphatic rings. The van der Waals surface area contributed by atoms with Crippen LogP contribution in [-0.2, 0) is 16.0 Å². The van der Waals surface area contributed by atoms with Gasteiger partial charge in [-0.1, -0.05) is 6.07 Å². The molecule has 2 aliphatic heterocycles. The number of esters is 1. The minimum absolute atomic E-state index is 0.00416. The molecule has 0 radical (unpaired) electrons. The van der Waals surface area contributed by atoms with Gasteiger partial charge in [0.05, 0.1) is 31.4 Å². The van der Waals surface area contributed by atoms with Crippen molar-refractivity contribution in [2.75, 3.05) is 32.8 Å². The second-order valence-corrected chi connectivity index (χ2v) is 5.72. The molecule has 3 rings (SSSR count). The molecule has 1 amide bonds. The van der Waals surface area contributed by atoms with Crippen molar-refractivity contribution in [3.05, 3.63) is 34.4 Å². The number of fused-ring (bicyclic) bond motifs is 1. The maximum absolute atomic E-state index is 11.8. The molecule has 1 aromatic rings. The van der Waals surface area contributed by atoms with Crippen LogP contribution in [0.25, 0.3) is 0 Å². The SMILES string of the molecule is Cc1c(C(O)CN2CCNCC2=O)ccc2c1CCOC2=O. The highest BCUT2D eigenvalue weighted by atomic mass is 16.5. The number of hydrogen-bond donors (Lipinski definition) is 2. The number of benzene rings is 1. The topological polar surface area (TPSA) is 78.9 Å². The maximum Gasteiger partial charge on any atom is 0.338 e. The standard InChI is InChI=1S/C16H20N2O4/c1-10-11-4-7-22-16(21)13(11)3-2-12(10)14(19)9-18-6-5-17-8-15(18)20/h2-3,14,17,19H,4-9H2,1H3. The zero-order chi connectivity index (χ0) is 15.7. The zero-order valence-electron chi connectivity index (χ0n) is 12.6. The third-order valence-electron chi connectivity index (χ3n) is 4.39. The number of amides is 1. The summed E-state index contributed by atoms with van der Waals surface area (Å²) < 4.78 is 5.03. The normalized spacial score (nSPS) is 19.6. The quantitative estimate of drug-likeness (QED) is 0.779. The number of hydrogen-bond acceptors (Lipinski definition) is 5. The lowest BCUT2D eigenvalue weighted by atomic mass is 9.91. The third kappa shape index (κ3) is 2.71. The molecule has 0 aromatic heterocycles. The average Bonchev–Trinajstić information content (AvgIpc) is 2.51. The van der Waals surface area contributed by atoms with E-state index in [1.165, 1.54) is 0 Å². The Balaban J connectivity index is 1.82. The smallest absolute Gasteiger partial charge is 0.338 e. The zero-order valence-corrected chi connectivity index (χ0v) is 12.6. The van der Waals surface area contributed by atoms with E-state index in [0.29, 0.717) is 31.7 Å². The van der Waals surface area contributed by atoms with Gasteiger partial charge in [0, 0.05) is 19.5 Å². The second-order valence-electron chi connectivity index (χ2n) is 5.72. The van der Waals surface area contributed by atoms with Gasteiger partial charge in [-0.25, -0.2) is 4.79 Å². The van der Waals surface area contributed by atoms with Crippen LogP contribution >= 0.6 is 0 Å². The van der Waals surface area contributed by atoms with Crippen molar-refractivity contribution in [3.63, 3.8) is 0 Å². The number of ether oxygens (including phenoxy) is 1. The maximum atomic E-state index is 11.8. The fourth-order valence-electron chi connectivity index (χ4n) is 3.12. The minimum Gasteiger partial charge on any atom is -0.462 e. The van der Waals surface area contributed by atoms with Gasteiger partial charge in [0.1, 0.15) is 0 Å². The Morgan fingerprint density at radius 1 is 1.41 bits per heavy atom. The van der Waals surface area contributed by atoms with Crippen LogP contribution in [0.5, 0.6) is 0 Å². The fraction of sp³-hybridized carbons (Fsp3) is 0.500. The molecule has 0 spiro atoms. The number of aliphatic hydroxyl groups excluding tert-OH is 1. The Morgan fingerprint density at radius 2 is 2.23 bits per heavy atom. The molecule has 1 unspecified atom stereocenters. The highest BCUT2D eigenvalue weighted by Gasteiger charge is 2.26. The Labute approximate surface area is 129 Å². The van der Waals surface area contributed by atoms with Gasteiger partial charge in [-0.05, 0) is 29.7 Å². The van der Waals surface area contributed by atoms with E-state index in [2.05, 4.69) is 5.32 Å². The lowest BCUT2D eigenvalue weighted by Crippen LogP contribution is -2.49. The number of nitrogens with one attached hydrogen (secondary N) is 1. The van der Waals surface area contributed by atoms with Crippen LogP contribution in [0.2, 0.25) is 0 Å². The van der Waals surface area contributed by atoms with Gasteiger partial charge >= 0.3 is 5.97 Å². The molecular weight excluding hydrogens is 284 g/mol. The second kappa shape index (κ2) is 6.06. The van der Waals surface area contributed by atoms with E-state index in [1.807, 2.05) is 6.92 Å². The Kier molecular flexibility index (Phi) is 4.13. The van der Waals surface area contributed by atoms with E-state index in [0.717, 1.165) is 23.2 Å². The van der Waals surface area contributed by atoms with Crippen molar-refractivity contribution < 1.29 is 19.4 Å². The molecule has 0 aliphatic carbocycles. The first-order valence-corrected chi connectivity index (χ1v) is 7.54. The summed E-state index contributed by atoms with van der Waals surface area (Å²) in [6, 6.07) is 3.47. The number of cyclic esters (lactones) is 1. The number of rotatable bonds is 3. The van der Waals surface area contributed by atoms with Crippen LogP contribution in [0.1, 0.15) is 33.2 Å². The van der Waals surface area contributed by atoms with E-state index < -0.39 is 6.10 Å². The largest absolute Gasteiger partial charge is 0.462 e. The van der Waals surface area contributed by atoms with Crippen LogP contribution in [-0.4, -0.2) is 54.7 Å². The number of piperazine rings is 1. The average molecular weight is 304 g/mol. The minimum atomic E-state index is -0.745. The van der Waals surface area contributed by atoms with Crippen molar-refractivity contribution in [1.82, 2.24) is 10.2 Å². The summed E-state index contributed by atoms with van der Waals surface area (Å²) in [4.78, 5) is 25.2. The van der Waals surface area contributed by atoms with Gasteiger partial charge in [-0.2, -0.15) is 0 Å². The number of carbonyl (C=O) groups is 2. The van der Waals surface area contributed by atoms with Crippen molar-refractivity contribution in [3.8, 4) is 0 Å². The highest BCUT2D eigenvalue weighted by Crippen LogP contribution is 2.27. The molecule has 0 bridgehead atoms. The number of β-amino-alcohol motifs (C(OH)–C–C–N with tert-alkyl or cyclic N) is 1. The molecular formula is C16H20N2O4. The molecule has 0 saturated carbocycles. The Morgan fingerprint density at radius 3 is 3.00 bits per heavy atom. The molecule has 6 nitrogen and oxygen atoms in total. The lowest BCUT2D eigenvalue weighted by Gasteiger charge is -2.30. The number of carbonyl (C=O) groups excluding carboxylic acids is 2. The van der Waals surface area contributed by atoms with Gasteiger partial charge in [0.15, 0.2) is 0 Å². The number of nitrogens with zero attached hydrogens (tertiary/aromatic N) is 1. The van der Waals surface area contributed by atoms with Crippen LogP contribution in [0, 0.1) is 6.92 Å².